The minimum atomic E-state index is -1.32. The van der Waals surface area contributed by atoms with Gasteiger partial charge < -0.3 is 4.48 Å². The van der Waals surface area contributed by atoms with Gasteiger partial charge in [-0.2, -0.15) is 0 Å². The number of hydrogen-bond acceptors (Lipinski definition) is 1. The lowest BCUT2D eigenvalue weighted by Gasteiger charge is -2.38. The number of aromatic nitrogens is 1. The lowest BCUT2D eigenvalue weighted by atomic mass is 9.22. The maximum atomic E-state index is 2.64. The smallest absolute Gasteiger partial charge is 0.362 e. The van der Waals surface area contributed by atoms with E-state index in [1.54, 1.807) is 0 Å². The summed E-state index contributed by atoms with van der Waals surface area (Å²) < 4.78 is 2.64. The molecule has 0 aliphatic carbocycles. The Morgan fingerprint density at radius 1 is 0.677 bits per heavy atom. The SMILES string of the molecule is Cc1cc(C)c([B-]2(c3c(C)cc(C)cc3C)c3ccccc3-c3sc(C)c[n+]32)c(C)c1. The van der Waals surface area contributed by atoms with E-state index in [9.17, 15) is 0 Å². The van der Waals surface area contributed by atoms with E-state index in [-0.39, 0.29) is 0 Å². The molecule has 0 saturated carbocycles. The molecule has 156 valence electrons. The van der Waals surface area contributed by atoms with Gasteiger partial charge in [0.25, 0.3) is 0 Å². The van der Waals surface area contributed by atoms with Crippen molar-refractivity contribution in [2.75, 3.05) is 0 Å². The van der Waals surface area contributed by atoms with Crippen LogP contribution in [0.2, 0.25) is 0 Å². The van der Waals surface area contributed by atoms with Gasteiger partial charge >= 0.3 is 6.28 Å². The normalized spacial score (nSPS) is 13.9. The van der Waals surface area contributed by atoms with Crippen LogP contribution in [0.1, 0.15) is 38.3 Å². The van der Waals surface area contributed by atoms with E-state index in [0.717, 1.165) is 0 Å². The minimum Gasteiger partial charge on any atom is -0.398 e. The van der Waals surface area contributed by atoms with Crippen molar-refractivity contribution in [3.63, 3.8) is 0 Å². The molecule has 0 unspecified atom stereocenters. The molecular weight excluding hydrogens is 393 g/mol. The second-order valence-corrected chi connectivity index (χ2v) is 10.8. The van der Waals surface area contributed by atoms with Gasteiger partial charge in [0.05, 0.1) is 4.88 Å². The molecule has 31 heavy (non-hydrogen) atoms. The van der Waals surface area contributed by atoms with Crippen LogP contribution in [0.5, 0.6) is 0 Å². The molecular formula is C28H30BNS. The van der Waals surface area contributed by atoms with Gasteiger partial charge in [0.2, 0.25) is 5.01 Å². The molecule has 0 saturated heterocycles. The van der Waals surface area contributed by atoms with Gasteiger partial charge in [-0.05, 0) is 48.5 Å². The molecule has 5 rings (SSSR count). The van der Waals surface area contributed by atoms with Crippen LogP contribution in [0.3, 0.4) is 0 Å². The van der Waals surface area contributed by atoms with Gasteiger partial charge in [0.1, 0.15) is 6.20 Å². The predicted molar refractivity (Wildman–Crippen MR) is 136 cm³/mol. The van der Waals surface area contributed by atoms with Crippen molar-refractivity contribution in [3.8, 4) is 10.6 Å². The van der Waals surface area contributed by atoms with Crippen molar-refractivity contribution in [2.45, 2.75) is 48.5 Å². The third-order valence-electron chi connectivity index (χ3n) is 7.18. The summed E-state index contributed by atoms with van der Waals surface area (Å²) in [7, 11) is 0. The summed E-state index contributed by atoms with van der Waals surface area (Å²) in [6.07, 6.45) is 1.08. The van der Waals surface area contributed by atoms with Crippen LogP contribution in [-0.4, -0.2) is 6.28 Å². The Kier molecular flexibility index (Phi) is 4.53. The summed E-state index contributed by atoms with van der Waals surface area (Å²) in [6.45, 7) is 15.9. The molecule has 0 radical (unpaired) electrons. The van der Waals surface area contributed by atoms with Gasteiger partial charge in [-0.25, -0.2) is 0 Å². The van der Waals surface area contributed by atoms with Crippen LogP contribution in [0.25, 0.3) is 10.6 Å². The van der Waals surface area contributed by atoms with Crippen LogP contribution in [0.15, 0.2) is 54.7 Å². The molecule has 3 aromatic carbocycles. The van der Waals surface area contributed by atoms with Gasteiger partial charge in [-0.3, -0.25) is 0 Å². The molecule has 0 atom stereocenters. The number of aryl methyl sites for hydroxylation is 7. The van der Waals surface area contributed by atoms with Crippen LogP contribution < -0.4 is 20.9 Å². The molecule has 1 aliphatic rings. The molecule has 3 heteroatoms. The fourth-order valence-corrected chi connectivity index (χ4v) is 7.69. The number of thiazole rings is 1. The van der Waals surface area contributed by atoms with Crippen molar-refractivity contribution in [2.24, 2.45) is 0 Å². The van der Waals surface area contributed by atoms with Crippen molar-refractivity contribution in [1.29, 1.82) is 0 Å². The average molecular weight is 423 g/mol. The monoisotopic (exact) mass is 423 g/mol. The average Bonchev–Trinajstić information content (AvgIpc) is 3.16. The molecule has 2 heterocycles. The van der Waals surface area contributed by atoms with E-state index in [4.69, 9.17) is 0 Å². The molecule has 0 amide bonds. The number of fused-ring (bicyclic) bond motifs is 3. The lowest BCUT2D eigenvalue weighted by molar-refractivity contribution is -0.519. The highest BCUT2D eigenvalue weighted by atomic mass is 32.1. The van der Waals surface area contributed by atoms with Gasteiger partial charge in [0, 0.05) is 5.56 Å². The van der Waals surface area contributed by atoms with Crippen molar-refractivity contribution in [1.82, 2.24) is 0 Å². The summed E-state index contributed by atoms with van der Waals surface area (Å²) in [5.74, 6) is 0. The van der Waals surface area contributed by atoms with E-state index in [2.05, 4.69) is 108 Å². The zero-order valence-corrected chi connectivity index (χ0v) is 20.4. The predicted octanol–water partition coefficient (Wildman–Crippen LogP) is 4.69. The van der Waals surface area contributed by atoms with Crippen LogP contribution in [-0.2, 0) is 0 Å². The van der Waals surface area contributed by atoms with Crippen molar-refractivity contribution < 1.29 is 4.48 Å². The van der Waals surface area contributed by atoms with Gasteiger partial charge in [0.15, 0.2) is 0 Å². The first-order chi connectivity index (χ1) is 14.7. The maximum Gasteiger partial charge on any atom is 0.362 e. The highest BCUT2D eigenvalue weighted by molar-refractivity contribution is 7.17. The van der Waals surface area contributed by atoms with Crippen LogP contribution in [0.4, 0.5) is 0 Å². The Labute approximate surface area is 190 Å². The maximum absolute atomic E-state index is 2.64. The van der Waals surface area contributed by atoms with Crippen molar-refractivity contribution in [3.05, 3.63) is 93.0 Å². The molecule has 1 aromatic heterocycles. The molecule has 0 spiro atoms. The summed E-state index contributed by atoms with van der Waals surface area (Å²) in [5.41, 5.74) is 14.0. The Bertz CT molecular complexity index is 1260. The Morgan fingerprint density at radius 3 is 1.68 bits per heavy atom. The second kappa shape index (κ2) is 6.93. The van der Waals surface area contributed by atoms with Crippen molar-refractivity contribution >= 4 is 34.0 Å². The third kappa shape index (κ3) is 2.72. The topological polar surface area (TPSA) is 3.88 Å². The largest absolute Gasteiger partial charge is 0.398 e. The van der Waals surface area contributed by atoms with E-state index < -0.39 is 6.28 Å². The molecule has 0 fully saturated rings. The summed E-state index contributed by atoms with van der Waals surface area (Å²) >= 11 is 1.92. The van der Waals surface area contributed by atoms with Crippen LogP contribution in [0, 0.1) is 48.5 Å². The highest BCUT2D eigenvalue weighted by Gasteiger charge is 2.53. The summed E-state index contributed by atoms with van der Waals surface area (Å²) in [6, 6.07) is 18.6. The Hall–Kier alpha value is -2.65. The summed E-state index contributed by atoms with van der Waals surface area (Å²) in [4.78, 5) is 1.36. The Morgan fingerprint density at radius 2 is 1.16 bits per heavy atom. The lowest BCUT2D eigenvalue weighted by Crippen LogP contribution is -2.84. The van der Waals surface area contributed by atoms with Gasteiger partial charge in [-0.15, -0.1) is 16.4 Å². The van der Waals surface area contributed by atoms with E-state index in [1.165, 1.54) is 65.2 Å². The second-order valence-electron chi connectivity index (χ2n) is 9.59. The number of hydrogen-bond donors (Lipinski definition) is 0. The zero-order valence-electron chi connectivity index (χ0n) is 19.6. The van der Waals surface area contributed by atoms with E-state index in [1.807, 2.05) is 11.3 Å². The standard InChI is InChI=1S/C28H30BNS/c1-17-12-19(3)26(20(4)13-17)29(27-21(5)14-18(2)15-22(27)6)25-11-9-8-10-24(25)28-30(29)16-23(7)31-28/h8-16H,1-7H3. The minimum absolute atomic E-state index is 1.32. The summed E-state index contributed by atoms with van der Waals surface area (Å²) in [5, 5.41) is 1.38. The number of rotatable bonds is 2. The quantitative estimate of drug-likeness (QED) is 0.363. The fourth-order valence-electron chi connectivity index (χ4n) is 6.61. The first-order valence-electron chi connectivity index (χ1n) is 11.2. The highest BCUT2D eigenvalue weighted by Crippen LogP contribution is 2.32. The zero-order chi connectivity index (χ0) is 22.1. The van der Waals surface area contributed by atoms with E-state index >= 15 is 0 Å². The van der Waals surface area contributed by atoms with Crippen LogP contribution >= 0.6 is 11.3 Å². The third-order valence-corrected chi connectivity index (χ3v) is 8.23. The molecule has 4 aromatic rings. The first kappa shape index (κ1) is 20.3. The van der Waals surface area contributed by atoms with E-state index in [0.29, 0.717) is 0 Å². The molecule has 0 N–H and O–H groups in total. The number of benzene rings is 3. The molecule has 1 aliphatic heterocycles. The molecule has 1 nitrogen and oxygen atoms in total. The molecule has 0 bridgehead atoms. The number of nitrogens with zero attached hydrogens (tertiary/aromatic N) is 1. The Balaban J connectivity index is 2.06. The van der Waals surface area contributed by atoms with Gasteiger partial charge in [-0.1, -0.05) is 93.2 Å². The first-order valence-corrected chi connectivity index (χ1v) is 12.0. The fraction of sp³-hybridized carbons (Fsp3) is 0.250.